The predicted octanol–water partition coefficient (Wildman–Crippen LogP) is 6.03. The van der Waals surface area contributed by atoms with Crippen molar-refractivity contribution < 1.29 is 24.2 Å². The van der Waals surface area contributed by atoms with Crippen molar-refractivity contribution in [1.29, 1.82) is 0 Å². The fraction of sp³-hybridized carbons (Fsp3) is 0.133. The van der Waals surface area contributed by atoms with Gasteiger partial charge in [-0.25, -0.2) is 0 Å². The van der Waals surface area contributed by atoms with Crippen LogP contribution < -0.4 is 14.4 Å². The second-order valence-electron chi connectivity index (χ2n) is 8.69. The molecular formula is C30H25N3O5S2. The normalized spacial score (nSPS) is 15.2. The number of carbonyl (C=O) groups is 2. The van der Waals surface area contributed by atoms with Gasteiger partial charge in [-0.3, -0.25) is 14.5 Å². The first-order valence-corrected chi connectivity index (χ1v) is 14.1. The summed E-state index contributed by atoms with van der Waals surface area (Å²) in [6, 6.07) is 23.4. The zero-order chi connectivity index (χ0) is 28.1. The summed E-state index contributed by atoms with van der Waals surface area (Å²) in [5.41, 5.74) is 2.42. The molecule has 0 saturated heterocycles. The number of anilines is 1. The zero-order valence-electron chi connectivity index (χ0n) is 21.7. The topological polar surface area (TPSA) is 102 Å². The van der Waals surface area contributed by atoms with Gasteiger partial charge in [0, 0.05) is 5.75 Å². The fourth-order valence-electron chi connectivity index (χ4n) is 4.30. The molecule has 8 nitrogen and oxygen atoms in total. The van der Waals surface area contributed by atoms with E-state index < -0.39 is 23.5 Å². The lowest BCUT2D eigenvalue weighted by Gasteiger charge is -2.24. The number of methoxy groups -OCH3 is 2. The van der Waals surface area contributed by atoms with Crippen LogP contribution in [0, 0.1) is 0 Å². The number of benzene rings is 3. The van der Waals surface area contributed by atoms with E-state index >= 15 is 0 Å². The number of aliphatic hydroxyl groups excluding tert-OH is 1. The number of ketones is 1. The molecule has 202 valence electrons. The molecule has 1 aliphatic heterocycles. The lowest BCUT2D eigenvalue weighted by Crippen LogP contribution is -2.30. The minimum Gasteiger partial charge on any atom is -0.503 e. The molecule has 1 N–H and O–H groups in total. The number of allylic oxidation sites excluding steroid dienone is 1. The maximum atomic E-state index is 13.5. The van der Waals surface area contributed by atoms with Crippen LogP contribution in [-0.4, -0.2) is 41.2 Å². The van der Waals surface area contributed by atoms with Crippen LogP contribution in [0.25, 0.3) is 6.08 Å². The highest BCUT2D eigenvalue weighted by molar-refractivity contribution is 8.00. The molecule has 0 aliphatic carbocycles. The molecule has 3 aromatic carbocycles. The first-order chi connectivity index (χ1) is 19.5. The fourth-order valence-corrected chi connectivity index (χ4v) is 6.12. The quantitative estimate of drug-likeness (QED) is 0.140. The Morgan fingerprint density at radius 3 is 2.40 bits per heavy atom. The molecule has 0 fully saturated rings. The number of nitrogens with zero attached hydrogens (tertiary/aromatic N) is 3. The Labute approximate surface area is 239 Å². The standard InChI is InChI=1S/C30H25N3O5S2/c1-37-23-16-14-21(17-24(23)38-2)26-25(22(34)15-13-19-9-5-3-6-10-19)27(35)28(36)33(26)29-31-32-30(40-29)39-18-20-11-7-4-8-12-20/h3-17,26,35H,18H2,1-2H3. The Bertz CT molecular complexity index is 1590. The van der Waals surface area contributed by atoms with E-state index in [0.717, 1.165) is 11.1 Å². The van der Waals surface area contributed by atoms with Gasteiger partial charge >= 0.3 is 0 Å². The molecule has 1 amide bonds. The summed E-state index contributed by atoms with van der Waals surface area (Å²) >= 11 is 2.71. The van der Waals surface area contributed by atoms with E-state index in [9.17, 15) is 14.7 Å². The molecule has 1 unspecified atom stereocenters. The molecule has 4 aromatic rings. The number of amides is 1. The van der Waals surface area contributed by atoms with Gasteiger partial charge in [-0.2, -0.15) is 0 Å². The highest BCUT2D eigenvalue weighted by Crippen LogP contribution is 2.45. The van der Waals surface area contributed by atoms with Crippen molar-refractivity contribution in [3.8, 4) is 11.5 Å². The van der Waals surface area contributed by atoms with Crippen molar-refractivity contribution in [2.24, 2.45) is 0 Å². The first kappa shape index (κ1) is 27.2. The Morgan fingerprint density at radius 2 is 1.70 bits per heavy atom. The van der Waals surface area contributed by atoms with Gasteiger partial charge in [-0.1, -0.05) is 95.9 Å². The largest absolute Gasteiger partial charge is 0.503 e. The van der Waals surface area contributed by atoms with Crippen molar-refractivity contribution in [1.82, 2.24) is 10.2 Å². The molecule has 0 saturated carbocycles. The average Bonchev–Trinajstić information content (AvgIpc) is 3.57. The molecule has 0 bridgehead atoms. The summed E-state index contributed by atoms with van der Waals surface area (Å²) in [5, 5.41) is 19.8. The maximum absolute atomic E-state index is 13.5. The molecule has 2 heterocycles. The van der Waals surface area contributed by atoms with Crippen LogP contribution in [0.4, 0.5) is 5.13 Å². The summed E-state index contributed by atoms with van der Waals surface area (Å²) in [7, 11) is 3.02. The van der Waals surface area contributed by atoms with Crippen molar-refractivity contribution in [3.63, 3.8) is 0 Å². The van der Waals surface area contributed by atoms with E-state index in [1.807, 2.05) is 60.7 Å². The third-order valence-corrected chi connectivity index (χ3v) is 8.36. The van der Waals surface area contributed by atoms with Crippen LogP contribution >= 0.6 is 23.1 Å². The summed E-state index contributed by atoms with van der Waals surface area (Å²) in [6.07, 6.45) is 3.00. The average molecular weight is 572 g/mol. The third kappa shape index (κ3) is 5.63. The molecule has 0 spiro atoms. The van der Waals surface area contributed by atoms with Crippen LogP contribution in [0.3, 0.4) is 0 Å². The minimum atomic E-state index is -0.958. The summed E-state index contributed by atoms with van der Waals surface area (Å²) < 4.78 is 11.5. The molecule has 1 aliphatic rings. The van der Waals surface area contributed by atoms with Crippen LogP contribution in [-0.2, 0) is 15.3 Å². The predicted molar refractivity (Wildman–Crippen MR) is 156 cm³/mol. The monoisotopic (exact) mass is 571 g/mol. The van der Waals surface area contributed by atoms with E-state index in [4.69, 9.17) is 9.47 Å². The smallest absolute Gasteiger partial charge is 0.296 e. The summed E-state index contributed by atoms with van der Waals surface area (Å²) in [6.45, 7) is 0. The van der Waals surface area contributed by atoms with Gasteiger partial charge in [-0.15, -0.1) is 10.2 Å². The number of thioether (sulfide) groups is 1. The Morgan fingerprint density at radius 1 is 1.00 bits per heavy atom. The van der Waals surface area contributed by atoms with E-state index in [0.29, 0.717) is 27.2 Å². The molecule has 5 rings (SSSR count). The van der Waals surface area contributed by atoms with Crippen LogP contribution in [0.2, 0.25) is 0 Å². The number of carbonyl (C=O) groups excluding carboxylic acids is 2. The molecule has 0 radical (unpaired) electrons. The lowest BCUT2D eigenvalue weighted by atomic mass is 9.95. The Balaban J connectivity index is 1.51. The number of ether oxygens (including phenoxy) is 2. The second-order valence-corrected chi connectivity index (χ2v) is 10.9. The van der Waals surface area contributed by atoms with E-state index in [1.165, 1.54) is 48.3 Å². The minimum absolute atomic E-state index is 0.0573. The van der Waals surface area contributed by atoms with Crippen molar-refractivity contribution in [2.45, 2.75) is 16.1 Å². The lowest BCUT2D eigenvalue weighted by molar-refractivity contribution is -0.117. The van der Waals surface area contributed by atoms with Gasteiger partial charge in [0.15, 0.2) is 27.4 Å². The van der Waals surface area contributed by atoms with Crippen molar-refractivity contribution >= 4 is 46.0 Å². The Hall–Kier alpha value is -4.41. The van der Waals surface area contributed by atoms with Gasteiger partial charge < -0.3 is 14.6 Å². The van der Waals surface area contributed by atoms with Gasteiger partial charge in [0.05, 0.1) is 25.8 Å². The highest BCUT2D eigenvalue weighted by Gasteiger charge is 2.45. The Kier molecular flexibility index (Phi) is 8.28. The first-order valence-electron chi connectivity index (χ1n) is 12.3. The van der Waals surface area contributed by atoms with E-state index in [-0.39, 0.29) is 10.7 Å². The van der Waals surface area contributed by atoms with Gasteiger partial charge in [-0.05, 0) is 34.9 Å². The zero-order valence-corrected chi connectivity index (χ0v) is 23.3. The molecule has 1 atom stereocenters. The van der Waals surface area contributed by atoms with Crippen molar-refractivity contribution in [2.75, 3.05) is 19.1 Å². The summed E-state index contributed by atoms with van der Waals surface area (Å²) in [4.78, 5) is 28.3. The van der Waals surface area contributed by atoms with Crippen LogP contribution in [0.1, 0.15) is 22.7 Å². The molecular weight excluding hydrogens is 546 g/mol. The highest BCUT2D eigenvalue weighted by atomic mass is 32.2. The van der Waals surface area contributed by atoms with Crippen LogP contribution in [0.15, 0.2) is 101 Å². The molecule has 40 heavy (non-hydrogen) atoms. The third-order valence-electron chi connectivity index (χ3n) is 6.23. The van der Waals surface area contributed by atoms with Gasteiger partial charge in [0.2, 0.25) is 5.13 Å². The van der Waals surface area contributed by atoms with Crippen molar-refractivity contribution in [3.05, 3.63) is 113 Å². The van der Waals surface area contributed by atoms with E-state index in [1.54, 1.807) is 24.3 Å². The van der Waals surface area contributed by atoms with Crippen LogP contribution in [0.5, 0.6) is 11.5 Å². The maximum Gasteiger partial charge on any atom is 0.296 e. The summed E-state index contributed by atoms with van der Waals surface area (Å²) in [5.74, 6) is -0.270. The molecule has 1 aromatic heterocycles. The molecule has 10 heteroatoms. The SMILES string of the molecule is COc1ccc(C2C(C(=O)C=Cc3ccccc3)=C(O)C(=O)N2c2nnc(SCc3ccccc3)s2)cc1OC. The number of hydrogen-bond donors (Lipinski definition) is 1. The second kappa shape index (κ2) is 12.2. The number of aliphatic hydroxyl groups is 1. The van der Waals surface area contributed by atoms with E-state index in [2.05, 4.69) is 10.2 Å². The van der Waals surface area contributed by atoms with Gasteiger partial charge in [0.25, 0.3) is 5.91 Å². The number of rotatable bonds is 10. The number of hydrogen-bond acceptors (Lipinski definition) is 9. The van der Waals surface area contributed by atoms with Gasteiger partial charge in [0.1, 0.15) is 0 Å². The number of aromatic nitrogens is 2.